The van der Waals surface area contributed by atoms with E-state index in [9.17, 15) is 0 Å². The molecule has 24 heavy (non-hydrogen) atoms. The molecule has 2 nitrogen and oxygen atoms in total. The number of piperazine rings is 1. The van der Waals surface area contributed by atoms with Crippen molar-refractivity contribution in [3.8, 4) is 0 Å². The molecule has 2 atom stereocenters. The van der Waals surface area contributed by atoms with E-state index in [0.717, 1.165) is 18.5 Å². The Labute approximate surface area is 146 Å². The molecule has 0 amide bonds. The Hall–Kier alpha value is -1.38. The van der Waals surface area contributed by atoms with E-state index in [0.29, 0.717) is 0 Å². The number of fused-ring (bicyclic) bond motifs is 1. The molecular formula is C22H30N2. The van der Waals surface area contributed by atoms with E-state index in [-0.39, 0.29) is 0 Å². The molecule has 2 aromatic rings. The predicted molar refractivity (Wildman–Crippen MR) is 102 cm³/mol. The molecule has 0 spiro atoms. The van der Waals surface area contributed by atoms with Crippen molar-refractivity contribution in [3.05, 3.63) is 48.0 Å². The van der Waals surface area contributed by atoms with Crippen molar-refractivity contribution >= 4 is 10.8 Å². The molecule has 2 fully saturated rings. The third-order valence-corrected chi connectivity index (χ3v) is 6.22. The van der Waals surface area contributed by atoms with Gasteiger partial charge >= 0.3 is 0 Å². The molecule has 2 aliphatic rings. The van der Waals surface area contributed by atoms with Gasteiger partial charge < -0.3 is 0 Å². The minimum absolute atomic E-state index is 0.846. The summed E-state index contributed by atoms with van der Waals surface area (Å²) in [6, 6.07) is 16.4. The van der Waals surface area contributed by atoms with Crippen molar-refractivity contribution in [2.24, 2.45) is 5.92 Å². The molecule has 0 unspecified atom stereocenters. The van der Waals surface area contributed by atoms with E-state index in [2.05, 4.69) is 59.2 Å². The Kier molecular flexibility index (Phi) is 4.86. The summed E-state index contributed by atoms with van der Waals surface area (Å²) in [5, 5.41) is 2.79. The minimum Gasteiger partial charge on any atom is -0.298 e. The van der Waals surface area contributed by atoms with Crippen LogP contribution in [-0.2, 0) is 6.54 Å². The normalized spacial score (nSPS) is 26.7. The van der Waals surface area contributed by atoms with Gasteiger partial charge in [-0.25, -0.2) is 0 Å². The number of hydrogen-bond donors (Lipinski definition) is 0. The van der Waals surface area contributed by atoms with Gasteiger partial charge in [-0.1, -0.05) is 62.2 Å². The van der Waals surface area contributed by atoms with Crippen molar-refractivity contribution in [3.63, 3.8) is 0 Å². The molecule has 0 radical (unpaired) electrons. The van der Waals surface area contributed by atoms with Gasteiger partial charge in [-0.2, -0.15) is 0 Å². The Balaban J connectivity index is 1.39. The second-order valence-electron chi connectivity index (χ2n) is 7.78. The van der Waals surface area contributed by atoms with Crippen LogP contribution in [0.15, 0.2) is 42.5 Å². The first-order valence-corrected chi connectivity index (χ1v) is 9.74. The summed E-state index contributed by atoms with van der Waals surface area (Å²) in [5.74, 6) is 0.892. The van der Waals surface area contributed by atoms with Crippen LogP contribution in [0.3, 0.4) is 0 Å². The first kappa shape index (κ1) is 16.1. The smallest absolute Gasteiger partial charge is 0.0240 e. The maximum absolute atomic E-state index is 2.78. The average Bonchev–Trinajstić information content (AvgIpc) is 2.63. The van der Waals surface area contributed by atoms with Crippen LogP contribution in [0, 0.1) is 5.92 Å². The average molecular weight is 322 g/mol. The summed E-state index contributed by atoms with van der Waals surface area (Å²) >= 11 is 0. The van der Waals surface area contributed by atoms with E-state index < -0.39 is 0 Å². The van der Waals surface area contributed by atoms with Crippen molar-refractivity contribution in [2.75, 3.05) is 26.2 Å². The van der Waals surface area contributed by atoms with Crippen LogP contribution < -0.4 is 0 Å². The van der Waals surface area contributed by atoms with Gasteiger partial charge in [0.25, 0.3) is 0 Å². The SMILES string of the molecule is C[C@@H]1CCCC[C@@H]1N1CCN(Cc2cccc3ccccc23)CC1. The minimum atomic E-state index is 0.846. The van der Waals surface area contributed by atoms with Crippen LogP contribution in [0.5, 0.6) is 0 Å². The topological polar surface area (TPSA) is 6.48 Å². The van der Waals surface area contributed by atoms with Gasteiger partial charge in [0.15, 0.2) is 0 Å². The predicted octanol–water partition coefficient (Wildman–Crippen LogP) is 4.54. The van der Waals surface area contributed by atoms with Gasteiger partial charge in [-0.15, -0.1) is 0 Å². The highest BCUT2D eigenvalue weighted by atomic mass is 15.3. The second-order valence-corrected chi connectivity index (χ2v) is 7.78. The summed E-state index contributed by atoms with van der Waals surface area (Å²) < 4.78 is 0. The zero-order chi connectivity index (χ0) is 16.4. The zero-order valence-corrected chi connectivity index (χ0v) is 15.0. The molecule has 1 saturated carbocycles. The lowest BCUT2D eigenvalue weighted by Gasteiger charge is -2.43. The van der Waals surface area contributed by atoms with Gasteiger partial charge in [0.2, 0.25) is 0 Å². The van der Waals surface area contributed by atoms with Crippen LogP contribution in [0.1, 0.15) is 38.2 Å². The first-order chi connectivity index (χ1) is 11.8. The molecule has 1 heterocycles. The quantitative estimate of drug-likeness (QED) is 0.819. The highest BCUT2D eigenvalue weighted by Crippen LogP contribution is 2.29. The van der Waals surface area contributed by atoms with Crippen LogP contribution >= 0.6 is 0 Å². The third-order valence-electron chi connectivity index (χ3n) is 6.22. The molecule has 2 heteroatoms. The van der Waals surface area contributed by atoms with E-state index in [1.807, 2.05) is 0 Å². The number of hydrogen-bond acceptors (Lipinski definition) is 2. The third kappa shape index (κ3) is 3.36. The maximum atomic E-state index is 2.78. The fraction of sp³-hybridized carbons (Fsp3) is 0.545. The lowest BCUT2D eigenvalue weighted by Crippen LogP contribution is -2.52. The Bertz CT molecular complexity index is 667. The molecule has 1 aliphatic heterocycles. The lowest BCUT2D eigenvalue weighted by molar-refractivity contribution is 0.0519. The Morgan fingerprint density at radius 1 is 0.875 bits per heavy atom. The van der Waals surface area contributed by atoms with Gasteiger partial charge in [-0.3, -0.25) is 9.80 Å². The van der Waals surface area contributed by atoms with E-state index in [1.54, 1.807) is 0 Å². The summed E-state index contributed by atoms with van der Waals surface area (Å²) in [4.78, 5) is 5.43. The first-order valence-electron chi connectivity index (χ1n) is 9.74. The van der Waals surface area contributed by atoms with E-state index in [1.165, 1.54) is 68.2 Å². The summed E-state index contributed by atoms with van der Waals surface area (Å²) in [5.41, 5.74) is 1.48. The van der Waals surface area contributed by atoms with Crippen molar-refractivity contribution in [2.45, 2.75) is 45.2 Å². The molecule has 1 saturated heterocycles. The standard InChI is InChI=1S/C22H30N2/c1-18-7-2-5-12-22(18)24-15-13-23(14-16-24)17-20-10-6-9-19-8-3-4-11-21(19)20/h3-4,6,8-11,18,22H,2,5,7,12-17H2,1H3/t18-,22+/m1/s1. The molecule has 0 aromatic heterocycles. The molecule has 0 N–H and O–H groups in total. The molecular weight excluding hydrogens is 292 g/mol. The molecule has 1 aliphatic carbocycles. The fourth-order valence-electron chi connectivity index (χ4n) is 4.76. The Morgan fingerprint density at radius 3 is 2.46 bits per heavy atom. The van der Waals surface area contributed by atoms with Gasteiger partial charge in [0.05, 0.1) is 0 Å². The monoisotopic (exact) mass is 322 g/mol. The van der Waals surface area contributed by atoms with Crippen molar-refractivity contribution in [1.82, 2.24) is 9.80 Å². The number of nitrogens with zero attached hydrogens (tertiary/aromatic N) is 2. The molecule has 128 valence electrons. The number of rotatable bonds is 3. The fourth-order valence-corrected chi connectivity index (χ4v) is 4.76. The second kappa shape index (κ2) is 7.25. The largest absolute Gasteiger partial charge is 0.298 e. The molecule has 4 rings (SSSR count). The van der Waals surface area contributed by atoms with E-state index in [4.69, 9.17) is 0 Å². The van der Waals surface area contributed by atoms with Crippen molar-refractivity contribution < 1.29 is 0 Å². The molecule has 2 aromatic carbocycles. The number of benzene rings is 2. The van der Waals surface area contributed by atoms with Gasteiger partial charge in [-0.05, 0) is 35.1 Å². The Morgan fingerprint density at radius 2 is 1.62 bits per heavy atom. The lowest BCUT2D eigenvalue weighted by atomic mass is 9.84. The van der Waals surface area contributed by atoms with Crippen molar-refractivity contribution in [1.29, 1.82) is 0 Å². The van der Waals surface area contributed by atoms with Gasteiger partial charge in [0.1, 0.15) is 0 Å². The van der Waals surface area contributed by atoms with Gasteiger partial charge in [0, 0.05) is 38.8 Å². The zero-order valence-electron chi connectivity index (χ0n) is 15.0. The van der Waals surface area contributed by atoms with Crippen LogP contribution in [0.2, 0.25) is 0 Å². The molecule has 0 bridgehead atoms. The summed E-state index contributed by atoms with van der Waals surface area (Å²) in [6.07, 6.45) is 5.73. The highest BCUT2D eigenvalue weighted by molar-refractivity contribution is 5.85. The highest BCUT2D eigenvalue weighted by Gasteiger charge is 2.29. The summed E-state index contributed by atoms with van der Waals surface area (Å²) in [6.45, 7) is 8.49. The summed E-state index contributed by atoms with van der Waals surface area (Å²) in [7, 11) is 0. The van der Waals surface area contributed by atoms with E-state index >= 15 is 0 Å². The van der Waals surface area contributed by atoms with Crippen LogP contribution in [0.25, 0.3) is 10.8 Å². The van der Waals surface area contributed by atoms with Crippen LogP contribution in [-0.4, -0.2) is 42.0 Å². The van der Waals surface area contributed by atoms with Crippen LogP contribution in [0.4, 0.5) is 0 Å². The maximum Gasteiger partial charge on any atom is 0.0240 e.